The van der Waals surface area contributed by atoms with Gasteiger partial charge in [-0.15, -0.1) is 11.3 Å². The molecule has 0 aromatic carbocycles. The molecule has 3 rings (SSSR count). The van der Waals surface area contributed by atoms with Crippen molar-refractivity contribution in [1.29, 1.82) is 0 Å². The minimum atomic E-state index is 0.843. The van der Waals surface area contributed by atoms with E-state index in [1.54, 1.807) is 17.6 Å². The molecule has 3 heterocycles. The lowest BCUT2D eigenvalue weighted by Crippen LogP contribution is -2.52. The Morgan fingerprint density at radius 2 is 2.17 bits per heavy atom. The smallest absolute Gasteiger partial charge is 0.194 e. The predicted octanol–water partition coefficient (Wildman–Crippen LogP) is 1.94. The summed E-state index contributed by atoms with van der Waals surface area (Å²) in [7, 11) is 1.85. The van der Waals surface area contributed by atoms with E-state index in [1.165, 1.54) is 10.4 Å². The zero-order valence-corrected chi connectivity index (χ0v) is 14.5. The van der Waals surface area contributed by atoms with Crippen molar-refractivity contribution >= 4 is 17.3 Å². The molecule has 0 spiro atoms. The van der Waals surface area contributed by atoms with Crippen molar-refractivity contribution < 1.29 is 4.52 Å². The van der Waals surface area contributed by atoms with Crippen LogP contribution in [0.3, 0.4) is 0 Å². The second-order valence-corrected chi connectivity index (χ2v) is 6.68. The molecule has 1 aliphatic rings. The fourth-order valence-electron chi connectivity index (χ4n) is 2.74. The molecule has 0 radical (unpaired) electrons. The highest BCUT2D eigenvalue weighted by Crippen LogP contribution is 2.15. The summed E-state index contributed by atoms with van der Waals surface area (Å²) in [6.07, 6.45) is 1.63. The van der Waals surface area contributed by atoms with E-state index >= 15 is 0 Å². The average molecular weight is 333 g/mol. The van der Waals surface area contributed by atoms with Crippen LogP contribution in [0.15, 0.2) is 33.3 Å². The van der Waals surface area contributed by atoms with Crippen molar-refractivity contribution in [3.8, 4) is 0 Å². The molecule has 0 aliphatic carbocycles. The average Bonchev–Trinajstić information content (AvgIpc) is 3.21. The van der Waals surface area contributed by atoms with E-state index < -0.39 is 0 Å². The first-order valence-electron chi connectivity index (χ1n) is 7.86. The SMILES string of the molecule is CN=C(NCc1sccc1C)N1CCN(Cc2ccon2)CC1. The second kappa shape index (κ2) is 7.61. The Kier molecular flexibility index (Phi) is 5.30. The first-order valence-corrected chi connectivity index (χ1v) is 8.74. The molecule has 0 amide bonds. The van der Waals surface area contributed by atoms with E-state index in [2.05, 4.69) is 43.6 Å². The van der Waals surface area contributed by atoms with Gasteiger partial charge in [-0.3, -0.25) is 9.89 Å². The van der Waals surface area contributed by atoms with Crippen LogP contribution >= 0.6 is 11.3 Å². The van der Waals surface area contributed by atoms with Crippen molar-refractivity contribution in [2.45, 2.75) is 20.0 Å². The Morgan fingerprint density at radius 3 is 2.78 bits per heavy atom. The first-order chi connectivity index (χ1) is 11.3. The highest BCUT2D eigenvalue weighted by molar-refractivity contribution is 7.10. The summed E-state index contributed by atoms with van der Waals surface area (Å²) in [4.78, 5) is 10.5. The highest BCUT2D eigenvalue weighted by Gasteiger charge is 2.20. The minimum Gasteiger partial charge on any atom is -0.364 e. The summed E-state index contributed by atoms with van der Waals surface area (Å²) in [5, 5.41) is 9.60. The molecule has 0 unspecified atom stereocenters. The fraction of sp³-hybridized carbons (Fsp3) is 0.500. The summed E-state index contributed by atoms with van der Waals surface area (Å²) < 4.78 is 4.89. The molecule has 2 aromatic heterocycles. The molecule has 124 valence electrons. The van der Waals surface area contributed by atoms with Crippen molar-refractivity contribution in [2.75, 3.05) is 33.2 Å². The monoisotopic (exact) mass is 333 g/mol. The van der Waals surface area contributed by atoms with Gasteiger partial charge in [0, 0.05) is 50.7 Å². The molecule has 0 atom stereocenters. The summed E-state index contributed by atoms with van der Waals surface area (Å²) >= 11 is 1.79. The Bertz CT molecular complexity index is 629. The number of aryl methyl sites for hydroxylation is 1. The largest absolute Gasteiger partial charge is 0.364 e. The van der Waals surface area contributed by atoms with Crippen LogP contribution in [0.25, 0.3) is 0 Å². The lowest BCUT2D eigenvalue weighted by atomic mass is 10.3. The zero-order chi connectivity index (χ0) is 16.1. The molecular formula is C16H23N5OS. The summed E-state index contributed by atoms with van der Waals surface area (Å²) in [6, 6.07) is 4.09. The quantitative estimate of drug-likeness (QED) is 0.684. The van der Waals surface area contributed by atoms with Crippen LogP contribution < -0.4 is 5.32 Å². The van der Waals surface area contributed by atoms with E-state index in [0.717, 1.165) is 50.9 Å². The van der Waals surface area contributed by atoms with Gasteiger partial charge in [0.05, 0.1) is 12.2 Å². The van der Waals surface area contributed by atoms with Gasteiger partial charge in [-0.1, -0.05) is 5.16 Å². The van der Waals surface area contributed by atoms with Crippen LogP contribution in [0, 0.1) is 6.92 Å². The Morgan fingerprint density at radius 1 is 1.35 bits per heavy atom. The first kappa shape index (κ1) is 16.0. The Labute approximate surface area is 140 Å². The lowest BCUT2D eigenvalue weighted by Gasteiger charge is -2.36. The Hall–Kier alpha value is -1.86. The van der Waals surface area contributed by atoms with Gasteiger partial charge in [-0.2, -0.15) is 0 Å². The third-order valence-electron chi connectivity index (χ3n) is 4.14. The summed E-state index contributed by atoms with van der Waals surface area (Å²) in [6.45, 7) is 7.80. The number of hydrogen-bond donors (Lipinski definition) is 1. The van der Waals surface area contributed by atoms with Gasteiger partial charge in [0.25, 0.3) is 0 Å². The van der Waals surface area contributed by atoms with Crippen molar-refractivity contribution in [3.05, 3.63) is 39.9 Å². The molecule has 1 saturated heterocycles. The van der Waals surface area contributed by atoms with Gasteiger partial charge in [0.15, 0.2) is 5.96 Å². The standard InChI is InChI=1S/C16H23N5OS/c1-13-4-10-23-15(13)11-18-16(17-2)21-7-5-20(6-8-21)12-14-3-9-22-19-14/h3-4,9-10H,5-8,11-12H2,1-2H3,(H,17,18). The van der Waals surface area contributed by atoms with E-state index in [0.29, 0.717) is 0 Å². The summed E-state index contributed by atoms with van der Waals surface area (Å²) in [5.41, 5.74) is 2.34. The topological polar surface area (TPSA) is 56.9 Å². The van der Waals surface area contributed by atoms with Crippen molar-refractivity contribution in [2.24, 2.45) is 4.99 Å². The van der Waals surface area contributed by atoms with Crippen LogP contribution in [0.5, 0.6) is 0 Å². The molecule has 1 aliphatic heterocycles. The normalized spacial score (nSPS) is 16.8. The van der Waals surface area contributed by atoms with Crippen LogP contribution in [-0.2, 0) is 13.1 Å². The van der Waals surface area contributed by atoms with E-state index in [9.17, 15) is 0 Å². The molecule has 0 saturated carbocycles. The number of thiophene rings is 1. The van der Waals surface area contributed by atoms with Gasteiger partial charge in [0.1, 0.15) is 6.26 Å². The van der Waals surface area contributed by atoms with Gasteiger partial charge >= 0.3 is 0 Å². The fourth-order valence-corrected chi connectivity index (χ4v) is 3.59. The zero-order valence-electron chi connectivity index (χ0n) is 13.7. The van der Waals surface area contributed by atoms with Crippen LogP contribution in [0.1, 0.15) is 16.1 Å². The molecule has 2 aromatic rings. The lowest BCUT2D eigenvalue weighted by molar-refractivity contribution is 0.169. The Balaban J connectivity index is 1.48. The van der Waals surface area contributed by atoms with E-state index in [-0.39, 0.29) is 0 Å². The highest BCUT2D eigenvalue weighted by atomic mass is 32.1. The molecule has 23 heavy (non-hydrogen) atoms. The van der Waals surface area contributed by atoms with Crippen molar-refractivity contribution in [3.63, 3.8) is 0 Å². The number of piperazine rings is 1. The third-order valence-corrected chi connectivity index (χ3v) is 5.16. The van der Waals surface area contributed by atoms with Crippen LogP contribution in [0.2, 0.25) is 0 Å². The van der Waals surface area contributed by atoms with Crippen molar-refractivity contribution in [1.82, 2.24) is 20.3 Å². The van der Waals surface area contributed by atoms with Gasteiger partial charge < -0.3 is 14.7 Å². The number of nitrogens with one attached hydrogen (secondary N) is 1. The summed E-state index contributed by atoms with van der Waals surface area (Å²) in [5.74, 6) is 0.985. The molecule has 7 heteroatoms. The minimum absolute atomic E-state index is 0.843. The maximum Gasteiger partial charge on any atom is 0.194 e. The number of aliphatic imine (C=N–C) groups is 1. The van der Waals surface area contributed by atoms with E-state index in [1.807, 2.05) is 13.1 Å². The molecule has 0 bridgehead atoms. The van der Waals surface area contributed by atoms with Crippen LogP contribution in [0.4, 0.5) is 0 Å². The predicted molar refractivity (Wildman–Crippen MR) is 92.6 cm³/mol. The number of aromatic nitrogens is 1. The third kappa shape index (κ3) is 4.11. The molecule has 6 nitrogen and oxygen atoms in total. The molecule has 1 fully saturated rings. The maximum absolute atomic E-state index is 4.89. The maximum atomic E-state index is 4.89. The number of rotatable bonds is 4. The van der Waals surface area contributed by atoms with Gasteiger partial charge in [-0.05, 0) is 23.9 Å². The molecular weight excluding hydrogens is 310 g/mol. The van der Waals surface area contributed by atoms with Gasteiger partial charge in [-0.25, -0.2) is 0 Å². The second-order valence-electron chi connectivity index (χ2n) is 5.68. The van der Waals surface area contributed by atoms with Crippen LogP contribution in [-0.4, -0.2) is 54.1 Å². The molecule has 1 N–H and O–H groups in total. The van der Waals surface area contributed by atoms with E-state index in [4.69, 9.17) is 4.52 Å². The number of guanidine groups is 1. The number of hydrogen-bond acceptors (Lipinski definition) is 5. The van der Waals surface area contributed by atoms with Gasteiger partial charge in [0.2, 0.25) is 0 Å². The number of nitrogens with zero attached hydrogens (tertiary/aromatic N) is 4.